The Bertz CT molecular complexity index is 548. The SMILES string of the molecule is CCNC(Cc1ccc(F)cc1C)c1cncn1C. The summed E-state index contributed by atoms with van der Waals surface area (Å²) in [5, 5.41) is 3.46. The van der Waals surface area contributed by atoms with E-state index in [0.29, 0.717) is 0 Å². The summed E-state index contributed by atoms with van der Waals surface area (Å²) in [5.74, 6) is -0.179. The highest BCUT2D eigenvalue weighted by atomic mass is 19.1. The van der Waals surface area contributed by atoms with Crippen molar-refractivity contribution in [2.45, 2.75) is 26.3 Å². The van der Waals surface area contributed by atoms with E-state index in [-0.39, 0.29) is 11.9 Å². The van der Waals surface area contributed by atoms with Gasteiger partial charge in [-0.2, -0.15) is 0 Å². The lowest BCUT2D eigenvalue weighted by Gasteiger charge is -2.19. The summed E-state index contributed by atoms with van der Waals surface area (Å²) in [6.07, 6.45) is 4.52. The Labute approximate surface area is 113 Å². The molecule has 1 N–H and O–H groups in total. The van der Waals surface area contributed by atoms with E-state index in [0.717, 1.165) is 29.8 Å². The second kappa shape index (κ2) is 5.97. The number of rotatable bonds is 5. The van der Waals surface area contributed by atoms with Crippen molar-refractivity contribution >= 4 is 0 Å². The van der Waals surface area contributed by atoms with Gasteiger partial charge in [-0.25, -0.2) is 9.37 Å². The van der Waals surface area contributed by atoms with Crippen molar-refractivity contribution in [2.24, 2.45) is 7.05 Å². The minimum absolute atomic E-state index is 0.179. The van der Waals surface area contributed by atoms with Crippen molar-refractivity contribution < 1.29 is 4.39 Å². The molecular formula is C15H20FN3. The van der Waals surface area contributed by atoms with E-state index in [1.165, 1.54) is 6.07 Å². The molecule has 0 fully saturated rings. The highest BCUT2D eigenvalue weighted by Gasteiger charge is 2.15. The van der Waals surface area contributed by atoms with Crippen LogP contribution >= 0.6 is 0 Å². The normalized spacial score (nSPS) is 12.6. The average molecular weight is 261 g/mol. The first kappa shape index (κ1) is 13.7. The van der Waals surface area contributed by atoms with Crippen molar-refractivity contribution in [1.29, 1.82) is 0 Å². The largest absolute Gasteiger partial charge is 0.336 e. The average Bonchev–Trinajstić information content (AvgIpc) is 2.78. The van der Waals surface area contributed by atoms with Crippen molar-refractivity contribution in [2.75, 3.05) is 6.54 Å². The molecule has 0 amide bonds. The lowest BCUT2D eigenvalue weighted by Crippen LogP contribution is -2.25. The third-order valence-electron chi connectivity index (χ3n) is 3.39. The topological polar surface area (TPSA) is 29.9 Å². The molecule has 0 aliphatic rings. The first-order valence-corrected chi connectivity index (χ1v) is 6.56. The first-order chi connectivity index (χ1) is 9.11. The van der Waals surface area contributed by atoms with Crippen LogP contribution < -0.4 is 5.32 Å². The van der Waals surface area contributed by atoms with Crippen molar-refractivity contribution in [3.8, 4) is 0 Å². The molecule has 0 aliphatic heterocycles. The molecular weight excluding hydrogens is 241 g/mol. The number of hydrogen-bond donors (Lipinski definition) is 1. The molecule has 1 aromatic heterocycles. The third kappa shape index (κ3) is 3.20. The molecule has 0 radical (unpaired) electrons. The number of halogens is 1. The lowest BCUT2D eigenvalue weighted by molar-refractivity contribution is 0.519. The zero-order valence-corrected chi connectivity index (χ0v) is 11.7. The maximum Gasteiger partial charge on any atom is 0.123 e. The Balaban J connectivity index is 2.24. The predicted molar refractivity (Wildman–Crippen MR) is 74.5 cm³/mol. The molecule has 0 bridgehead atoms. The molecule has 2 aromatic rings. The van der Waals surface area contributed by atoms with E-state index in [4.69, 9.17) is 0 Å². The van der Waals surface area contributed by atoms with E-state index in [1.54, 1.807) is 12.4 Å². The molecule has 3 nitrogen and oxygen atoms in total. The summed E-state index contributed by atoms with van der Waals surface area (Å²) in [4.78, 5) is 4.17. The van der Waals surface area contributed by atoms with E-state index in [2.05, 4.69) is 17.2 Å². The third-order valence-corrected chi connectivity index (χ3v) is 3.39. The van der Waals surface area contributed by atoms with Crippen molar-refractivity contribution in [3.05, 3.63) is 53.4 Å². The number of nitrogens with zero attached hydrogens (tertiary/aromatic N) is 2. The highest BCUT2D eigenvalue weighted by Crippen LogP contribution is 2.20. The van der Waals surface area contributed by atoms with Crippen LogP contribution in [0.2, 0.25) is 0 Å². The van der Waals surface area contributed by atoms with Gasteiger partial charge in [0.15, 0.2) is 0 Å². The van der Waals surface area contributed by atoms with Gasteiger partial charge in [0.05, 0.1) is 18.1 Å². The molecule has 4 heteroatoms. The molecule has 0 saturated carbocycles. The highest BCUT2D eigenvalue weighted by molar-refractivity contribution is 5.28. The Morgan fingerprint density at radius 1 is 1.42 bits per heavy atom. The molecule has 1 unspecified atom stereocenters. The second-order valence-electron chi connectivity index (χ2n) is 4.81. The molecule has 1 atom stereocenters. The summed E-state index contributed by atoms with van der Waals surface area (Å²) in [5.41, 5.74) is 3.30. The van der Waals surface area contributed by atoms with Crippen LogP contribution in [-0.4, -0.2) is 16.1 Å². The molecule has 1 aromatic carbocycles. The van der Waals surface area contributed by atoms with Crippen molar-refractivity contribution in [3.63, 3.8) is 0 Å². The molecule has 0 spiro atoms. The van der Waals surface area contributed by atoms with E-state index < -0.39 is 0 Å². The van der Waals surface area contributed by atoms with Crippen LogP contribution in [0.3, 0.4) is 0 Å². The van der Waals surface area contributed by atoms with Crippen molar-refractivity contribution in [1.82, 2.24) is 14.9 Å². The van der Waals surface area contributed by atoms with Gasteiger partial charge in [0.2, 0.25) is 0 Å². The van der Waals surface area contributed by atoms with Gasteiger partial charge in [0.25, 0.3) is 0 Å². The fourth-order valence-electron chi connectivity index (χ4n) is 2.34. The summed E-state index contributed by atoms with van der Waals surface area (Å²) in [6, 6.07) is 5.17. The monoisotopic (exact) mass is 261 g/mol. The van der Waals surface area contributed by atoms with E-state index in [9.17, 15) is 4.39 Å². The molecule has 102 valence electrons. The van der Waals surface area contributed by atoms with Gasteiger partial charge in [0, 0.05) is 13.2 Å². The molecule has 0 aliphatic carbocycles. The maximum atomic E-state index is 13.1. The summed E-state index contributed by atoms with van der Waals surface area (Å²) < 4.78 is 15.2. The number of likely N-dealkylation sites (N-methyl/N-ethyl adjacent to an activating group) is 1. The zero-order chi connectivity index (χ0) is 13.8. The standard InChI is InChI=1S/C15H20FN3/c1-4-18-14(15-9-17-10-19(15)3)8-12-5-6-13(16)7-11(12)2/h5-7,9-10,14,18H,4,8H2,1-3H3. The van der Waals surface area contributed by atoms with Crippen LogP contribution in [-0.2, 0) is 13.5 Å². The lowest BCUT2D eigenvalue weighted by atomic mass is 9.99. The van der Waals surface area contributed by atoms with E-state index in [1.807, 2.05) is 30.8 Å². The zero-order valence-electron chi connectivity index (χ0n) is 11.7. The molecule has 1 heterocycles. The molecule has 0 saturated heterocycles. The van der Waals surface area contributed by atoms with Crippen LogP contribution in [0, 0.1) is 12.7 Å². The van der Waals surface area contributed by atoms with Gasteiger partial charge in [-0.1, -0.05) is 13.0 Å². The van der Waals surface area contributed by atoms with Crippen LogP contribution in [0.5, 0.6) is 0 Å². The Kier molecular flexibility index (Phi) is 4.32. The number of nitrogens with one attached hydrogen (secondary N) is 1. The Hall–Kier alpha value is -1.68. The number of hydrogen-bond acceptors (Lipinski definition) is 2. The van der Waals surface area contributed by atoms with Gasteiger partial charge >= 0.3 is 0 Å². The van der Waals surface area contributed by atoms with Gasteiger partial charge in [-0.05, 0) is 43.1 Å². The number of benzene rings is 1. The number of imidazole rings is 1. The fourth-order valence-corrected chi connectivity index (χ4v) is 2.34. The maximum absolute atomic E-state index is 13.1. The Morgan fingerprint density at radius 2 is 2.21 bits per heavy atom. The number of aromatic nitrogens is 2. The smallest absolute Gasteiger partial charge is 0.123 e. The predicted octanol–water partition coefficient (Wildman–Crippen LogP) is 2.76. The Morgan fingerprint density at radius 3 is 2.79 bits per heavy atom. The molecule has 19 heavy (non-hydrogen) atoms. The van der Waals surface area contributed by atoms with Gasteiger partial charge in [0.1, 0.15) is 5.82 Å². The van der Waals surface area contributed by atoms with Gasteiger partial charge in [-0.15, -0.1) is 0 Å². The summed E-state index contributed by atoms with van der Waals surface area (Å²) >= 11 is 0. The quantitative estimate of drug-likeness (QED) is 0.897. The summed E-state index contributed by atoms with van der Waals surface area (Å²) in [7, 11) is 1.99. The van der Waals surface area contributed by atoms with Gasteiger partial charge < -0.3 is 9.88 Å². The van der Waals surface area contributed by atoms with Crippen LogP contribution in [0.25, 0.3) is 0 Å². The van der Waals surface area contributed by atoms with E-state index >= 15 is 0 Å². The first-order valence-electron chi connectivity index (χ1n) is 6.56. The second-order valence-corrected chi connectivity index (χ2v) is 4.81. The minimum Gasteiger partial charge on any atom is -0.336 e. The fraction of sp³-hybridized carbons (Fsp3) is 0.400. The summed E-state index contributed by atoms with van der Waals surface area (Å²) in [6.45, 7) is 4.92. The van der Waals surface area contributed by atoms with Crippen LogP contribution in [0.1, 0.15) is 29.8 Å². The van der Waals surface area contributed by atoms with Crippen LogP contribution in [0.4, 0.5) is 4.39 Å². The number of aryl methyl sites for hydroxylation is 2. The minimum atomic E-state index is -0.179. The molecule has 2 rings (SSSR count). The van der Waals surface area contributed by atoms with Gasteiger partial charge in [-0.3, -0.25) is 0 Å². The van der Waals surface area contributed by atoms with Crippen LogP contribution in [0.15, 0.2) is 30.7 Å².